The van der Waals surface area contributed by atoms with Crippen molar-refractivity contribution in [2.45, 2.75) is 85.7 Å². The fourth-order valence-electron chi connectivity index (χ4n) is 5.64. The van der Waals surface area contributed by atoms with Crippen molar-refractivity contribution >= 4 is 20.1 Å². The lowest BCUT2D eigenvalue weighted by Crippen LogP contribution is -2.68. The second-order valence-electron chi connectivity index (χ2n) is 13.5. The van der Waals surface area contributed by atoms with E-state index in [1.165, 1.54) is 11.8 Å². The molecule has 238 valence electrons. The fraction of sp³-hybridized carbons (Fsp3) is 0.368. The third-order valence-corrected chi connectivity index (χ3v) is 15.0. The Labute approximate surface area is 273 Å². The van der Waals surface area contributed by atoms with E-state index < -0.39 is 43.3 Å². The number of thioether (sulfide) groups is 1. The summed E-state index contributed by atoms with van der Waals surface area (Å²) in [5.41, 5.74) is -0.350. The van der Waals surface area contributed by atoms with Crippen LogP contribution >= 0.6 is 11.8 Å². The molecule has 1 aliphatic heterocycles. The van der Waals surface area contributed by atoms with Crippen molar-refractivity contribution in [3.05, 3.63) is 138 Å². The van der Waals surface area contributed by atoms with E-state index in [9.17, 15) is 10.2 Å². The van der Waals surface area contributed by atoms with Crippen molar-refractivity contribution in [1.82, 2.24) is 0 Å². The minimum Gasteiger partial charge on any atom is -0.408 e. The molecule has 2 N–H and O–H groups in total. The molecular formula is C38H46O5SSi. The van der Waals surface area contributed by atoms with Gasteiger partial charge in [-0.2, -0.15) is 0 Å². The zero-order valence-electron chi connectivity index (χ0n) is 27.1. The van der Waals surface area contributed by atoms with Gasteiger partial charge in [0.25, 0.3) is 0 Å². The lowest BCUT2D eigenvalue weighted by Gasteiger charge is -2.52. The number of hydrogen-bond donors (Lipinski definition) is 2. The van der Waals surface area contributed by atoms with Crippen LogP contribution in [-0.4, -0.2) is 54.5 Å². The summed E-state index contributed by atoms with van der Waals surface area (Å²) in [7, 11) is -2.42. The van der Waals surface area contributed by atoms with E-state index in [1.54, 1.807) is 6.92 Å². The van der Waals surface area contributed by atoms with Crippen LogP contribution in [0.15, 0.2) is 126 Å². The molecule has 0 amide bonds. The van der Waals surface area contributed by atoms with Crippen molar-refractivity contribution in [2.75, 3.05) is 6.61 Å². The van der Waals surface area contributed by atoms with Gasteiger partial charge in [-0.05, 0) is 53.9 Å². The van der Waals surface area contributed by atoms with Gasteiger partial charge in [0.05, 0.1) is 6.61 Å². The first-order chi connectivity index (χ1) is 21.4. The van der Waals surface area contributed by atoms with Crippen LogP contribution in [0, 0.1) is 0 Å². The molecule has 1 heterocycles. The Kier molecular flexibility index (Phi) is 10.1. The van der Waals surface area contributed by atoms with E-state index in [0.717, 1.165) is 21.6 Å². The van der Waals surface area contributed by atoms with Crippen molar-refractivity contribution in [1.29, 1.82) is 0 Å². The predicted octanol–water partition coefficient (Wildman–Crippen LogP) is 8.01. The van der Waals surface area contributed by atoms with Crippen LogP contribution in [0.4, 0.5) is 0 Å². The van der Waals surface area contributed by atoms with Gasteiger partial charge < -0.3 is 24.1 Å². The number of rotatable bonds is 10. The van der Waals surface area contributed by atoms with Gasteiger partial charge in [-0.15, -0.1) is 0 Å². The summed E-state index contributed by atoms with van der Waals surface area (Å²) in [6.45, 7) is 12.5. The van der Waals surface area contributed by atoms with Gasteiger partial charge in [-0.25, -0.2) is 0 Å². The Morgan fingerprint density at radius 2 is 1.18 bits per heavy atom. The Morgan fingerprint density at radius 3 is 1.60 bits per heavy atom. The van der Waals surface area contributed by atoms with Crippen LogP contribution in [0.5, 0.6) is 0 Å². The minimum absolute atomic E-state index is 0.0433. The third kappa shape index (κ3) is 7.00. The number of benzene rings is 4. The molecule has 4 aromatic carbocycles. The van der Waals surface area contributed by atoms with Crippen LogP contribution in [-0.2, 0) is 19.5 Å². The summed E-state index contributed by atoms with van der Waals surface area (Å²) in [6, 6.07) is 40.4. The Hall–Kier alpha value is -2.75. The molecule has 0 radical (unpaired) electrons. The van der Waals surface area contributed by atoms with Gasteiger partial charge in [-0.3, -0.25) is 0 Å². The monoisotopic (exact) mass is 642 g/mol. The molecule has 45 heavy (non-hydrogen) atoms. The van der Waals surface area contributed by atoms with Crippen LogP contribution in [0.3, 0.4) is 0 Å². The minimum atomic E-state index is -2.42. The van der Waals surface area contributed by atoms with Gasteiger partial charge in [0.2, 0.25) is 0 Å². The highest BCUT2D eigenvalue weighted by molar-refractivity contribution is 7.99. The summed E-state index contributed by atoms with van der Waals surface area (Å²) in [5.74, 6) is 0. The van der Waals surface area contributed by atoms with E-state index in [0.29, 0.717) is 0 Å². The maximum atomic E-state index is 12.3. The Morgan fingerprint density at radius 1 is 0.756 bits per heavy atom. The molecule has 5 rings (SSSR count). The molecule has 0 saturated carbocycles. The van der Waals surface area contributed by atoms with Gasteiger partial charge in [-0.1, -0.05) is 142 Å². The lowest BCUT2D eigenvalue weighted by molar-refractivity contribution is -0.254. The van der Waals surface area contributed by atoms with Crippen LogP contribution in [0.2, 0.25) is 18.1 Å². The van der Waals surface area contributed by atoms with Gasteiger partial charge in [0, 0.05) is 4.90 Å². The summed E-state index contributed by atoms with van der Waals surface area (Å²) in [4.78, 5) is 0.959. The molecular weight excluding hydrogens is 597 g/mol. The van der Waals surface area contributed by atoms with E-state index >= 15 is 0 Å². The van der Waals surface area contributed by atoms with Gasteiger partial charge >= 0.3 is 0 Å². The standard InChI is InChI=1S/C38H46O5SSi/c1-36(2,3)45(5,6)43-34-33(39)35(44-31-25-17-10-18-26-31)42-32(37(34,4)40)27-41-38(28-19-11-7-12-20-28,29-21-13-8-14-22-29)30-23-15-9-16-24-30/h7-26,32-35,39-40H,27H2,1-6H3/t32-,33-,34-,35+,37-/m1/s1. The summed E-state index contributed by atoms with van der Waals surface area (Å²) in [6.07, 6.45) is -2.77. The average Bonchev–Trinajstić information content (AvgIpc) is 3.03. The first-order valence-electron chi connectivity index (χ1n) is 15.6. The van der Waals surface area contributed by atoms with Crippen LogP contribution < -0.4 is 0 Å². The molecule has 7 heteroatoms. The van der Waals surface area contributed by atoms with Gasteiger partial charge in [0.1, 0.15) is 34.9 Å². The number of hydrogen-bond acceptors (Lipinski definition) is 6. The molecule has 4 aromatic rings. The number of aliphatic hydroxyl groups excluding tert-OH is 1. The second-order valence-corrected chi connectivity index (χ2v) is 19.5. The molecule has 5 atom stereocenters. The molecule has 1 saturated heterocycles. The fourth-order valence-corrected chi connectivity index (χ4v) is 8.06. The average molecular weight is 643 g/mol. The van der Waals surface area contributed by atoms with Crippen molar-refractivity contribution in [2.24, 2.45) is 0 Å². The van der Waals surface area contributed by atoms with Crippen LogP contribution in [0.1, 0.15) is 44.4 Å². The molecule has 0 unspecified atom stereocenters. The largest absolute Gasteiger partial charge is 0.408 e. The SMILES string of the molecule is CC(C)(C)[Si](C)(C)O[C@@H]1[C@@H](O)[C@H](Sc2ccccc2)O[C@H](COC(c2ccccc2)(c2ccccc2)c2ccccc2)[C@@]1(C)O. The molecule has 0 spiro atoms. The smallest absolute Gasteiger partial charge is 0.192 e. The number of aliphatic hydroxyl groups is 2. The zero-order chi connectivity index (χ0) is 32.3. The quantitative estimate of drug-likeness (QED) is 0.135. The van der Waals surface area contributed by atoms with E-state index in [2.05, 4.69) is 70.3 Å². The Balaban J connectivity index is 1.57. The van der Waals surface area contributed by atoms with Crippen LogP contribution in [0.25, 0.3) is 0 Å². The zero-order valence-corrected chi connectivity index (χ0v) is 28.9. The lowest BCUT2D eigenvalue weighted by atomic mass is 9.79. The predicted molar refractivity (Wildman–Crippen MR) is 185 cm³/mol. The highest BCUT2D eigenvalue weighted by atomic mass is 32.2. The second kappa shape index (κ2) is 13.5. The summed E-state index contributed by atoms with van der Waals surface area (Å²) in [5, 5.41) is 24.0. The van der Waals surface area contributed by atoms with E-state index in [1.807, 2.05) is 84.9 Å². The third-order valence-electron chi connectivity index (χ3n) is 9.33. The molecule has 5 nitrogen and oxygen atoms in total. The van der Waals surface area contributed by atoms with Crippen molar-refractivity contribution in [3.8, 4) is 0 Å². The normalized spacial score (nSPS) is 24.4. The highest BCUT2D eigenvalue weighted by Crippen LogP contribution is 2.46. The van der Waals surface area contributed by atoms with E-state index in [-0.39, 0.29) is 11.6 Å². The summed E-state index contributed by atoms with van der Waals surface area (Å²) >= 11 is 1.43. The Bertz CT molecular complexity index is 1400. The molecule has 1 fully saturated rings. The van der Waals surface area contributed by atoms with Gasteiger partial charge in [0.15, 0.2) is 8.32 Å². The maximum Gasteiger partial charge on any atom is 0.192 e. The molecule has 0 aromatic heterocycles. The topological polar surface area (TPSA) is 68.2 Å². The first kappa shape index (κ1) is 33.6. The maximum absolute atomic E-state index is 12.3. The molecule has 1 aliphatic rings. The summed E-state index contributed by atoms with van der Waals surface area (Å²) < 4.78 is 20.6. The molecule has 0 aliphatic carbocycles. The number of ether oxygens (including phenoxy) is 2. The van der Waals surface area contributed by atoms with E-state index in [4.69, 9.17) is 13.9 Å². The van der Waals surface area contributed by atoms with Crippen molar-refractivity contribution < 1.29 is 24.1 Å². The highest BCUT2D eigenvalue weighted by Gasteiger charge is 2.56. The first-order valence-corrected chi connectivity index (χ1v) is 19.4. The molecule has 0 bridgehead atoms. The van der Waals surface area contributed by atoms with Crippen molar-refractivity contribution in [3.63, 3.8) is 0 Å².